The summed E-state index contributed by atoms with van der Waals surface area (Å²) in [7, 11) is 1.53. The molecule has 0 saturated carbocycles. The predicted octanol–water partition coefficient (Wildman–Crippen LogP) is 2.89. The molecule has 0 radical (unpaired) electrons. The van der Waals surface area contributed by atoms with Crippen molar-refractivity contribution in [2.75, 3.05) is 12.4 Å². The zero-order valence-corrected chi connectivity index (χ0v) is 18.2. The van der Waals surface area contributed by atoms with Gasteiger partial charge in [0.05, 0.1) is 13.5 Å². The van der Waals surface area contributed by atoms with Gasteiger partial charge in [-0.05, 0) is 35.4 Å². The number of pyridine rings is 1. The molecule has 3 N–H and O–H groups in total. The second kappa shape index (κ2) is 9.75. The molecule has 0 spiro atoms. The number of hydrogen-bond donors (Lipinski definition) is 3. The molecule has 4 aromatic rings. The third-order valence-electron chi connectivity index (χ3n) is 4.89. The number of aromatic amines is 1. The highest BCUT2D eigenvalue weighted by Crippen LogP contribution is 2.27. The van der Waals surface area contributed by atoms with E-state index >= 15 is 0 Å². The van der Waals surface area contributed by atoms with E-state index in [1.165, 1.54) is 13.2 Å². The molecule has 0 atom stereocenters. The molecule has 3 heterocycles. The maximum atomic E-state index is 12.8. The van der Waals surface area contributed by atoms with Crippen molar-refractivity contribution in [2.45, 2.75) is 19.1 Å². The number of nitrogens with one attached hydrogen (secondary N) is 3. The summed E-state index contributed by atoms with van der Waals surface area (Å²) in [5.41, 5.74) is 0.152. The largest absolute Gasteiger partial charge is 0.497 e. The number of carbonyl (C=O) groups is 2. The van der Waals surface area contributed by atoms with Crippen LogP contribution in [0, 0.1) is 0 Å². The minimum absolute atomic E-state index is 0.0514. The van der Waals surface area contributed by atoms with Gasteiger partial charge in [0.2, 0.25) is 5.91 Å². The Balaban J connectivity index is 1.46. The Labute approximate surface area is 196 Å². The van der Waals surface area contributed by atoms with E-state index in [4.69, 9.17) is 4.74 Å². The number of carbonyl (C=O) groups excluding carboxylic acids is 2. The second-order valence-corrected chi connectivity index (χ2v) is 7.32. The Morgan fingerprint density at radius 2 is 1.91 bits per heavy atom. The van der Waals surface area contributed by atoms with Crippen molar-refractivity contribution in [2.24, 2.45) is 0 Å². The highest BCUT2D eigenvalue weighted by atomic mass is 19.4. The van der Waals surface area contributed by atoms with Crippen molar-refractivity contribution in [1.29, 1.82) is 0 Å². The molecule has 4 rings (SSSR count). The molecular weight excluding hydrogens is 467 g/mol. The summed E-state index contributed by atoms with van der Waals surface area (Å²) in [6.45, 7) is -0.186. The van der Waals surface area contributed by atoms with Crippen LogP contribution in [0.25, 0.3) is 11.0 Å². The molecule has 2 amide bonds. The maximum Gasteiger partial charge on any atom is 0.433 e. The highest BCUT2D eigenvalue weighted by Gasteiger charge is 2.32. The fraction of sp³-hybridized carbons (Fsp3) is 0.182. The standard InChI is InChI=1S/C22H18F3N7O3/c1-35-14-4-2-3-12(7-14)9-16(33)30-20-18-17(31-32-20)19(29-11-28-18)21(34)27-10-13-5-6-26-15(8-13)22(23,24)25/h2-8,11H,9-10H2,1H3,(H,27,34)(H2,30,31,32,33). The Bertz CT molecular complexity index is 1390. The molecule has 0 bridgehead atoms. The molecule has 3 aromatic heterocycles. The number of alkyl halides is 3. The lowest BCUT2D eigenvalue weighted by Crippen LogP contribution is -2.24. The number of rotatable bonds is 7. The first-order chi connectivity index (χ1) is 16.7. The third kappa shape index (κ3) is 5.51. The summed E-state index contributed by atoms with van der Waals surface area (Å²) >= 11 is 0. The van der Waals surface area contributed by atoms with Crippen molar-refractivity contribution in [3.63, 3.8) is 0 Å². The van der Waals surface area contributed by atoms with E-state index < -0.39 is 17.8 Å². The smallest absolute Gasteiger partial charge is 0.433 e. The molecule has 13 heteroatoms. The van der Waals surface area contributed by atoms with Crippen molar-refractivity contribution in [3.05, 3.63) is 71.4 Å². The average Bonchev–Trinajstić information content (AvgIpc) is 3.25. The SMILES string of the molecule is COc1cccc(CC(=O)Nc2n[nH]c3c(C(=O)NCc4ccnc(C(F)(F)F)c4)ncnc23)c1. The number of fused-ring (bicyclic) bond motifs is 1. The Kier molecular flexibility index (Phi) is 6.57. The van der Waals surface area contributed by atoms with Crippen molar-refractivity contribution in [1.82, 2.24) is 30.5 Å². The number of anilines is 1. The Hall–Kier alpha value is -4.55. The highest BCUT2D eigenvalue weighted by molar-refractivity contribution is 6.06. The van der Waals surface area contributed by atoms with Crippen LogP contribution in [0.2, 0.25) is 0 Å². The Morgan fingerprint density at radius 3 is 2.69 bits per heavy atom. The van der Waals surface area contributed by atoms with E-state index in [0.29, 0.717) is 5.75 Å². The fourth-order valence-corrected chi connectivity index (χ4v) is 3.24. The van der Waals surface area contributed by atoms with Crippen LogP contribution in [-0.2, 0) is 23.9 Å². The monoisotopic (exact) mass is 485 g/mol. The van der Waals surface area contributed by atoms with E-state index in [2.05, 4.69) is 35.8 Å². The summed E-state index contributed by atoms with van der Waals surface area (Å²) in [6, 6.07) is 9.23. The first kappa shape index (κ1) is 23.6. The minimum atomic E-state index is -4.60. The normalized spacial score (nSPS) is 11.3. The molecule has 35 heavy (non-hydrogen) atoms. The van der Waals surface area contributed by atoms with Crippen LogP contribution in [0.3, 0.4) is 0 Å². The molecular formula is C22H18F3N7O3. The van der Waals surface area contributed by atoms with E-state index in [0.717, 1.165) is 24.2 Å². The summed E-state index contributed by atoms with van der Waals surface area (Å²) in [5.74, 6) is -0.311. The lowest BCUT2D eigenvalue weighted by atomic mass is 10.1. The van der Waals surface area contributed by atoms with Gasteiger partial charge < -0.3 is 15.4 Å². The number of benzene rings is 1. The van der Waals surface area contributed by atoms with Gasteiger partial charge >= 0.3 is 6.18 Å². The topological polar surface area (TPSA) is 135 Å². The zero-order valence-electron chi connectivity index (χ0n) is 18.2. The van der Waals surface area contributed by atoms with Gasteiger partial charge in [-0.15, -0.1) is 0 Å². The van der Waals surface area contributed by atoms with E-state index in [1.807, 2.05) is 0 Å². The number of amides is 2. The zero-order chi connectivity index (χ0) is 25.0. The first-order valence-electron chi connectivity index (χ1n) is 10.2. The number of aromatic nitrogens is 5. The van der Waals surface area contributed by atoms with Crippen molar-refractivity contribution in [3.8, 4) is 5.75 Å². The molecule has 0 unspecified atom stereocenters. The lowest BCUT2D eigenvalue weighted by Gasteiger charge is -2.09. The van der Waals surface area contributed by atoms with Gasteiger partial charge in [0, 0.05) is 12.7 Å². The number of methoxy groups -OCH3 is 1. The number of H-pyrrole nitrogens is 1. The third-order valence-corrected chi connectivity index (χ3v) is 4.89. The minimum Gasteiger partial charge on any atom is -0.497 e. The van der Waals surface area contributed by atoms with Gasteiger partial charge in [0.1, 0.15) is 28.8 Å². The molecule has 0 aliphatic carbocycles. The maximum absolute atomic E-state index is 12.8. The van der Waals surface area contributed by atoms with Gasteiger partial charge in [-0.3, -0.25) is 19.7 Å². The van der Waals surface area contributed by atoms with Gasteiger partial charge in [-0.1, -0.05) is 12.1 Å². The van der Waals surface area contributed by atoms with Crippen LogP contribution in [-0.4, -0.2) is 44.1 Å². The van der Waals surface area contributed by atoms with Crippen LogP contribution >= 0.6 is 0 Å². The van der Waals surface area contributed by atoms with Crippen LogP contribution in [0.5, 0.6) is 5.75 Å². The fourth-order valence-electron chi connectivity index (χ4n) is 3.24. The number of ether oxygens (including phenoxy) is 1. The average molecular weight is 485 g/mol. The summed E-state index contributed by atoms with van der Waals surface area (Å²) in [4.78, 5) is 36.4. The quantitative estimate of drug-likeness (QED) is 0.366. The van der Waals surface area contributed by atoms with Crippen molar-refractivity contribution >= 4 is 28.7 Å². The van der Waals surface area contributed by atoms with E-state index in [-0.39, 0.29) is 47.0 Å². The molecule has 1 aromatic carbocycles. The van der Waals surface area contributed by atoms with Gasteiger partial charge in [-0.2, -0.15) is 18.3 Å². The predicted molar refractivity (Wildman–Crippen MR) is 117 cm³/mol. The molecule has 0 saturated heterocycles. The van der Waals surface area contributed by atoms with Crippen LogP contribution < -0.4 is 15.4 Å². The number of hydrogen-bond acceptors (Lipinski definition) is 7. The van der Waals surface area contributed by atoms with E-state index in [1.54, 1.807) is 24.3 Å². The summed E-state index contributed by atoms with van der Waals surface area (Å²) < 4.78 is 43.7. The second-order valence-electron chi connectivity index (χ2n) is 7.32. The van der Waals surface area contributed by atoms with Crippen LogP contribution in [0.1, 0.15) is 27.3 Å². The molecule has 0 aliphatic rings. The number of nitrogens with zero attached hydrogens (tertiary/aromatic N) is 4. The molecule has 10 nitrogen and oxygen atoms in total. The lowest BCUT2D eigenvalue weighted by molar-refractivity contribution is -0.141. The van der Waals surface area contributed by atoms with Gasteiger partial charge in [-0.25, -0.2) is 9.97 Å². The van der Waals surface area contributed by atoms with Crippen LogP contribution in [0.4, 0.5) is 19.0 Å². The van der Waals surface area contributed by atoms with Gasteiger partial charge in [0.15, 0.2) is 11.5 Å². The molecule has 0 aliphatic heterocycles. The summed E-state index contributed by atoms with van der Waals surface area (Å²) in [6.07, 6.45) is -2.40. The molecule has 180 valence electrons. The van der Waals surface area contributed by atoms with Gasteiger partial charge in [0.25, 0.3) is 5.91 Å². The van der Waals surface area contributed by atoms with Crippen LogP contribution in [0.15, 0.2) is 48.9 Å². The molecule has 0 fully saturated rings. The Morgan fingerprint density at radius 1 is 1.09 bits per heavy atom. The number of halogens is 3. The van der Waals surface area contributed by atoms with E-state index in [9.17, 15) is 22.8 Å². The first-order valence-corrected chi connectivity index (χ1v) is 10.2. The summed E-state index contributed by atoms with van der Waals surface area (Å²) in [5, 5.41) is 11.8. The van der Waals surface area contributed by atoms with Crippen molar-refractivity contribution < 1.29 is 27.5 Å².